The van der Waals surface area contributed by atoms with Crippen molar-refractivity contribution in [1.29, 1.82) is 0 Å². The number of benzene rings is 2. The second-order valence-corrected chi connectivity index (χ2v) is 5.96. The predicted octanol–water partition coefficient (Wildman–Crippen LogP) is 5.04. The van der Waals surface area contributed by atoms with Crippen LogP contribution in [0.15, 0.2) is 40.9 Å². The lowest BCUT2D eigenvalue weighted by Gasteiger charge is -2.14. The minimum absolute atomic E-state index is 0.194. The van der Waals surface area contributed by atoms with Gasteiger partial charge in [-0.3, -0.25) is 0 Å². The first kappa shape index (κ1) is 16.6. The molecular weight excluding hydrogens is 353 g/mol. The average molecular weight is 366 g/mol. The summed E-state index contributed by atoms with van der Waals surface area (Å²) in [7, 11) is 0. The van der Waals surface area contributed by atoms with Crippen LogP contribution in [0, 0.1) is 0 Å². The molecule has 0 aliphatic heterocycles. The number of fused-ring (bicyclic) bond motifs is 1. The van der Waals surface area contributed by atoms with Gasteiger partial charge >= 0.3 is 5.97 Å². The Labute approximate surface area is 147 Å². The predicted molar refractivity (Wildman–Crippen MR) is 91.8 cm³/mol. The lowest BCUT2D eigenvalue weighted by Crippen LogP contribution is -2.26. The Morgan fingerprint density at radius 3 is 2.58 bits per heavy atom. The zero-order valence-electron chi connectivity index (χ0n) is 12.6. The van der Waals surface area contributed by atoms with Gasteiger partial charge in [-0.15, -0.1) is 0 Å². The molecule has 0 aliphatic rings. The fourth-order valence-corrected chi connectivity index (χ4v) is 2.69. The van der Waals surface area contributed by atoms with E-state index in [0.717, 1.165) is 5.56 Å². The van der Waals surface area contributed by atoms with Crippen molar-refractivity contribution >= 4 is 40.1 Å². The summed E-state index contributed by atoms with van der Waals surface area (Å²) in [5, 5.41) is 14.7. The maximum atomic E-state index is 11.1. The van der Waals surface area contributed by atoms with Gasteiger partial charge in [-0.2, -0.15) is 0 Å². The average Bonchev–Trinajstić information content (AvgIpc) is 2.99. The molecule has 0 spiro atoms. The number of hydrogen-bond donors (Lipinski definition) is 1. The van der Waals surface area contributed by atoms with E-state index in [2.05, 4.69) is 5.16 Å². The number of carbonyl (C=O) groups is 1. The summed E-state index contributed by atoms with van der Waals surface area (Å²) in [6.07, 6.45) is -0.658. The molecule has 7 heteroatoms. The van der Waals surface area contributed by atoms with Crippen molar-refractivity contribution in [3.63, 3.8) is 0 Å². The van der Waals surface area contributed by atoms with Gasteiger partial charge < -0.3 is 14.4 Å². The highest BCUT2D eigenvalue weighted by Gasteiger charge is 2.21. The molecule has 0 amide bonds. The molecule has 0 aliphatic carbocycles. The Morgan fingerprint density at radius 2 is 1.96 bits per heavy atom. The molecule has 124 valence electrons. The molecule has 1 N–H and O–H groups in total. The van der Waals surface area contributed by atoms with Gasteiger partial charge in [0.2, 0.25) is 0 Å². The molecule has 24 heavy (non-hydrogen) atoms. The number of aliphatic carboxylic acids is 1. The van der Waals surface area contributed by atoms with Crippen molar-refractivity contribution in [3.8, 4) is 17.0 Å². The molecule has 0 saturated heterocycles. The fraction of sp³-hybridized carbons (Fsp3) is 0.176. The fourth-order valence-electron chi connectivity index (χ4n) is 2.32. The molecule has 1 aromatic heterocycles. The molecule has 0 fully saturated rings. The normalized spacial score (nSPS) is 12.3. The van der Waals surface area contributed by atoms with Gasteiger partial charge in [0, 0.05) is 10.6 Å². The van der Waals surface area contributed by atoms with E-state index in [0.29, 0.717) is 28.1 Å². The highest BCUT2D eigenvalue weighted by molar-refractivity contribution is 6.36. The first-order chi connectivity index (χ1) is 11.5. The molecule has 0 bridgehead atoms. The second-order valence-electron chi connectivity index (χ2n) is 5.15. The van der Waals surface area contributed by atoms with Crippen LogP contribution in [0.2, 0.25) is 10.0 Å². The van der Waals surface area contributed by atoms with Crippen molar-refractivity contribution < 1.29 is 19.2 Å². The lowest BCUT2D eigenvalue weighted by atomic mass is 10.1. The summed E-state index contributed by atoms with van der Waals surface area (Å²) in [6, 6.07) is 10.5. The van der Waals surface area contributed by atoms with Gasteiger partial charge in [0.25, 0.3) is 0 Å². The Hall–Kier alpha value is -2.24. The third kappa shape index (κ3) is 3.05. The van der Waals surface area contributed by atoms with Crippen LogP contribution < -0.4 is 4.74 Å². The minimum Gasteiger partial charge on any atom is -0.479 e. The van der Waals surface area contributed by atoms with E-state index >= 15 is 0 Å². The van der Waals surface area contributed by atoms with Crippen molar-refractivity contribution in [2.24, 2.45) is 0 Å². The second kappa shape index (κ2) is 6.71. The van der Waals surface area contributed by atoms with Crippen LogP contribution in [-0.4, -0.2) is 22.3 Å². The molecule has 1 unspecified atom stereocenters. The SMILES string of the molecule is CCC(Oc1ccc2c(-c3ccc(Cl)cc3)noc2c1Cl)C(=O)O. The maximum absolute atomic E-state index is 11.1. The van der Waals surface area contributed by atoms with E-state index in [1.54, 1.807) is 31.2 Å². The highest BCUT2D eigenvalue weighted by atomic mass is 35.5. The smallest absolute Gasteiger partial charge is 0.344 e. The zero-order chi connectivity index (χ0) is 17.3. The summed E-state index contributed by atoms with van der Waals surface area (Å²) < 4.78 is 10.8. The Kier molecular flexibility index (Phi) is 4.64. The first-order valence-corrected chi connectivity index (χ1v) is 8.00. The Bertz CT molecular complexity index is 889. The number of halogens is 2. The van der Waals surface area contributed by atoms with Crippen LogP contribution in [0.3, 0.4) is 0 Å². The van der Waals surface area contributed by atoms with E-state index < -0.39 is 12.1 Å². The molecular formula is C17H13Cl2NO4. The Morgan fingerprint density at radius 1 is 1.25 bits per heavy atom. The van der Waals surface area contributed by atoms with Gasteiger partial charge in [0.15, 0.2) is 11.7 Å². The number of rotatable bonds is 5. The summed E-state index contributed by atoms with van der Waals surface area (Å²) in [5.74, 6) is -0.801. The Balaban J connectivity index is 2.02. The summed E-state index contributed by atoms with van der Waals surface area (Å²) in [4.78, 5) is 11.1. The summed E-state index contributed by atoms with van der Waals surface area (Å²) in [6.45, 7) is 1.72. The van der Waals surface area contributed by atoms with Crippen molar-refractivity contribution in [2.45, 2.75) is 19.4 Å². The standard InChI is InChI=1S/C17H13Cl2NO4/c1-2-12(17(21)22)23-13-8-7-11-15(20-24-16(11)14(13)19)9-3-5-10(18)6-4-9/h3-8,12H,2H2,1H3,(H,21,22). The molecule has 3 aromatic rings. The minimum atomic E-state index is -1.05. The molecule has 0 saturated carbocycles. The van der Waals surface area contributed by atoms with Crippen LogP contribution in [0.1, 0.15) is 13.3 Å². The zero-order valence-corrected chi connectivity index (χ0v) is 14.1. The van der Waals surface area contributed by atoms with Gasteiger partial charge in [-0.25, -0.2) is 4.79 Å². The van der Waals surface area contributed by atoms with Gasteiger partial charge in [0.1, 0.15) is 16.5 Å². The van der Waals surface area contributed by atoms with E-state index in [1.165, 1.54) is 0 Å². The van der Waals surface area contributed by atoms with E-state index in [-0.39, 0.29) is 10.8 Å². The molecule has 2 aromatic carbocycles. The molecule has 0 radical (unpaired) electrons. The van der Waals surface area contributed by atoms with Gasteiger partial charge in [-0.05, 0) is 30.7 Å². The lowest BCUT2D eigenvalue weighted by molar-refractivity contribution is -0.145. The molecule has 3 rings (SSSR count). The van der Waals surface area contributed by atoms with E-state index in [1.807, 2.05) is 12.1 Å². The highest BCUT2D eigenvalue weighted by Crippen LogP contribution is 2.38. The monoisotopic (exact) mass is 365 g/mol. The van der Waals surface area contributed by atoms with Crippen LogP contribution in [0.5, 0.6) is 5.75 Å². The maximum Gasteiger partial charge on any atom is 0.344 e. The van der Waals surface area contributed by atoms with E-state index in [4.69, 9.17) is 37.6 Å². The van der Waals surface area contributed by atoms with Crippen molar-refractivity contribution in [1.82, 2.24) is 5.16 Å². The third-order valence-electron chi connectivity index (χ3n) is 3.58. The van der Waals surface area contributed by atoms with Gasteiger partial charge in [0.05, 0.1) is 5.39 Å². The molecule has 1 atom stereocenters. The number of carboxylic acid groups (broad SMARTS) is 1. The number of aromatic nitrogens is 1. The topological polar surface area (TPSA) is 72.6 Å². The molecule has 1 heterocycles. The van der Waals surface area contributed by atoms with Crippen molar-refractivity contribution in [2.75, 3.05) is 0 Å². The van der Waals surface area contributed by atoms with Crippen LogP contribution in [0.25, 0.3) is 22.2 Å². The van der Waals surface area contributed by atoms with Crippen molar-refractivity contribution in [3.05, 3.63) is 46.4 Å². The van der Waals surface area contributed by atoms with Crippen LogP contribution in [0.4, 0.5) is 0 Å². The number of hydrogen-bond acceptors (Lipinski definition) is 4. The number of ether oxygens (including phenoxy) is 1. The first-order valence-electron chi connectivity index (χ1n) is 7.24. The summed E-state index contributed by atoms with van der Waals surface area (Å²) in [5.41, 5.74) is 1.81. The van der Waals surface area contributed by atoms with E-state index in [9.17, 15) is 4.79 Å². The number of carboxylic acids is 1. The largest absolute Gasteiger partial charge is 0.479 e. The van der Waals surface area contributed by atoms with Crippen LogP contribution in [-0.2, 0) is 4.79 Å². The number of nitrogens with zero attached hydrogens (tertiary/aromatic N) is 1. The van der Waals surface area contributed by atoms with Crippen LogP contribution >= 0.6 is 23.2 Å². The molecule has 5 nitrogen and oxygen atoms in total. The third-order valence-corrected chi connectivity index (χ3v) is 4.19. The summed E-state index contributed by atoms with van der Waals surface area (Å²) >= 11 is 12.2. The van der Waals surface area contributed by atoms with Gasteiger partial charge in [-0.1, -0.05) is 47.4 Å². The quantitative estimate of drug-likeness (QED) is 0.685.